The second kappa shape index (κ2) is 8.64. The molecule has 9 heteroatoms. The monoisotopic (exact) mass is 414 g/mol. The molecule has 1 amide bonds. The molecule has 8 nitrogen and oxygen atoms in total. The number of fused-ring (bicyclic) bond motifs is 1. The zero-order valence-corrected chi connectivity index (χ0v) is 16.3. The number of amides is 1. The Labute approximate surface area is 170 Å². The third-order valence-corrected chi connectivity index (χ3v) is 4.22. The van der Waals surface area contributed by atoms with Gasteiger partial charge >= 0.3 is 12.2 Å². The number of phenols is 1. The third kappa shape index (κ3) is 4.09. The minimum absolute atomic E-state index is 0.00566. The largest absolute Gasteiger partial charge is 0.508 e. The zero-order valence-electron chi connectivity index (χ0n) is 16.3. The maximum atomic E-state index is 13.9. The lowest BCUT2D eigenvalue weighted by Crippen LogP contribution is -2.21. The van der Waals surface area contributed by atoms with Crippen LogP contribution in [0.15, 0.2) is 47.3 Å². The van der Waals surface area contributed by atoms with Crippen molar-refractivity contribution >= 4 is 28.8 Å². The van der Waals surface area contributed by atoms with Crippen molar-refractivity contribution in [1.29, 1.82) is 0 Å². The molecule has 0 atom stereocenters. The van der Waals surface area contributed by atoms with Crippen molar-refractivity contribution in [2.75, 3.05) is 18.5 Å². The number of benzene rings is 2. The Morgan fingerprint density at radius 1 is 1.07 bits per heavy atom. The molecule has 0 aliphatic rings. The highest BCUT2D eigenvalue weighted by molar-refractivity contribution is 5.97. The molecular weight excluding hydrogens is 395 g/mol. The van der Waals surface area contributed by atoms with Gasteiger partial charge in [-0.1, -0.05) is 0 Å². The van der Waals surface area contributed by atoms with Crippen LogP contribution in [0.2, 0.25) is 0 Å². The maximum absolute atomic E-state index is 13.9. The van der Waals surface area contributed by atoms with Gasteiger partial charge in [0.25, 0.3) is 0 Å². The SMILES string of the molecule is CCOC(=O)Nc1cc(O)ccc1-c1cc(=O)c2ccc(F)cc2n1C(=O)OCC. The number of phenolic OH excluding ortho intramolecular Hbond substituents is 1. The standard InChI is InChI=1S/C21H19FN2O6/c1-3-29-20(27)23-16-10-13(25)6-8-14(16)18-11-19(26)15-7-5-12(22)9-17(15)24(18)21(28)30-4-2/h5-11,25H,3-4H2,1-2H3,(H,23,27). The van der Waals surface area contributed by atoms with E-state index in [1.165, 1.54) is 30.3 Å². The van der Waals surface area contributed by atoms with Crippen molar-refractivity contribution in [3.63, 3.8) is 0 Å². The second-order valence-electron chi connectivity index (χ2n) is 6.16. The minimum atomic E-state index is -0.835. The summed E-state index contributed by atoms with van der Waals surface area (Å²) in [5.74, 6) is -0.810. The molecule has 2 N–H and O–H groups in total. The van der Waals surface area contributed by atoms with Crippen LogP contribution in [0.25, 0.3) is 22.2 Å². The number of aromatic hydroxyl groups is 1. The van der Waals surface area contributed by atoms with E-state index in [1.807, 2.05) is 0 Å². The summed E-state index contributed by atoms with van der Waals surface area (Å²) in [4.78, 5) is 37.3. The molecule has 0 aliphatic heterocycles. The van der Waals surface area contributed by atoms with E-state index in [2.05, 4.69) is 5.32 Å². The van der Waals surface area contributed by atoms with E-state index in [9.17, 15) is 23.9 Å². The molecule has 2 aromatic carbocycles. The van der Waals surface area contributed by atoms with Crippen LogP contribution in [0.3, 0.4) is 0 Å². The normalized spacial score (nSPS) is 10.6. The third-order valence-electron chi connectivity index (χ3n) is 4.22. The van der Waals surface area contributed by atoms with Crippen LogP contribution in [0.5, 0.6) is 5.75 Å². The molecule has 0 saturated carbocycles. The lowest BCUT2D eigenvalue weighted by molar-refractivity contribution is 0.155. The summed E-state index contributed by atoms with van der Waals surface area (Å²) in [6.07, 6.45) is -1.63. The van der Waals surface area contributed by atoms with Crippen molar-refractivity contribution in [2.24, 2.45) is 0 Å². The molecule has 3 aromatic rings. The lowest BCUT2D eigenvalue weighted by Gasteiger charge is -2.18. The predicted molar refractivity (Wildman–Crippen MR) is 108 cm³/mol. The average molecular weight is 414 g/mol. The van der Waals surface area contributed by atoms with Gasteiger partial charge in [0.15, 0.2) is 5.43 Å². The van der Waals surface area contributed by atoms with Crippen LogP contribution in [-0.4, -0.2) is 35.1 Å². The molecular formula is C21H19FN2O6. The van der Waals surface area contributed by atoms with Gasteiger partial charge in [-0.15, -0.1) is 0 Å². The Morgan fingerprint density at radius 3 is 2.50 bits per heavy atom. The van der Waals surface area contributed by atoms with Crippen molar-refractivity contribution in [2.45, 2.75) is 13.8 Å². The van der Waals surface area contributed by atoms with Crippen molar-refractivity contribution < 1.29 is 28.6 Å². The van der Waals surface area contributed by atoms with E-state index >= 15 is 0 Å². The van der Waals surface area contributed by atoms with E-state index in [0.29, 0.717) is 0 Å². The molecule has 1 heterocycles. The van der Waals surface area contributed by atoms with Gasteiger partial charge in [0.2, 0.25) is 0 Å². The molecule has 0 spiro atoms. The van der Waals surface area contributed by atoms with Gasteiger partial charge in [0.05, 0.1) is 30.1 Å². The van der Waals surface area contributed by atoms with E-state index < -0.39 is 23.4 Å². The van der Waals surface area contributed by atoms with Crippen molar-refractivity contribution in [3.8, 4) is 17.0 Å². The fourth-order valence-electron chi connectivity index (χ4n) is 3.01. The molecule has 0 unspecified atom stereocenters. The summed E-state index contributed by atoms with van der Waals surface area (Å²) in [5, 5.41) is 12.4. The Kier molecular flexibility index (Phi) is 6.01. The number of anilines is 1. The second-order valence-corrected chi connectivity index (χ2v) is 6.16. The highest BCUT2D eigenvalue weighted by Crippen LogP contribution is 2.32. The smallest absolute Gasteiger partial charge is 0.418 e. The molecule has 0 radical (unpaired) electrons. The number of hydrogen-bond donors (Lipinski definition) is 2. The molecule has 1 aromatic heterocycles. The molecule has 0 saturated heterocycles. The highest BCUT2D eigenvalue weighted by atomic mass is 19.1. The molecule has 0 fully saturated rings. The van der Waals surface area contributed by atoms with Crippen LogP contribution < -0.4 is 10.7 Å². The first-order chi connectivity index (χ1) is 14.3. The van der Waals surface area contributed by atoms with Gasteiger partial charge in [-0.25, -0.2) is 18.5 Å². The maximum Gasteiger partial charge on any atom is 0.418 e. The number of aromatic nitrogens is 1. The molecule has 0 bridgehead atoms. The fraction of sp³-hybridized carbons (Fsp3) is 0.190. The van der Waals surface area contributed by atoms with Crippen LogP contribution in [0, 0.1) is 5.82 Å². The summed E-state index contributed by atoms with van der Waals surface area (Å²) in [7, 11) is 0. The van der Waals surface area contributed by atoms with Gasteiger partial charge in [-0.3, -0.25) is 10.1 Å². The Hall–Kier alpha value is -3.88. The summed E-state index contributed by atoms with van der Waals surface area (Å²) in [6.45, 7) is 3.39. The summed E-state index contributed by atoms with van der Waals surface area (Å²) < 4.78 is 25.0. The highest BCUT2D eigenvalue weighted by Gasteiger charge is 2.21. The van der Waals surface area contributed by atoms with Gasteiger partial charge < -0.3 is 14.6 Å². The molecule has 30 heavy (non-hydrogen) atoms. The molecule has 156 valence electrons. The van der Waals surface area contributed by atoms with Crippen molar-refractivity contribution in [1.82, 2.24) is 4.57 Å². The van der Waals surface area contributed by atoms with Crippen LogP contribution in [-0.2, 0) is 9.47 Å². The Balaban J connectivity index is 2.33. The molecule has 0 aliphatic carbocycles. The van der Waals surface area contributed by atoms with E-state index in [4.69, 9.17) is 9.47 Å². The van der Waals surface area contributed by atoms with Crippen molar-refractivity contribution in [3.05, 3.63) is 58.5 Å². The van der Waals surface area contributed by atoms with Crippen LogP contribution >= 0.6 is 0 Å². The van der Waals surface area contributed by atoms with E-state index in [-0.39, 0.29) is 46.8 Å². The number of carbonyl (C=O) groups is 2. The number of halogens is 1. The predicted octanol–water partition coefficient (Wildman–Crippen LogP) is 4.09. The summed E-state index contributed by atoms with van der Waals surface area (Å²) in [6, 6.07) is 8.60. The fourth-order valence-corrected chi connectivity index (χ4v) is 3.01. The first kappa shape index (κ1) is 20.8. The number of ether oxygens (including phenoxy) is 2. The summed E-state index contributed by atoms with van der Waals surface area (Å²) >= 11 is 0. The van der Waals surface area contributed by atoms with Crippen LogP contribution in [0.1, 0.15) is 13.8 Å². The van der Waals surface area contributed by atoms with Gasteiger partial charge in [0, 0.05) is 23.1 Å². The topological polar surface area (TPSA) is 107 Å². The Morgan fingerprint density at radius 2 is 1.80 bits per heavy atom. The quantitative estimate of drug-likeness (QED) is 0.666. The first-order valence-electron chi connectivity index (χ1n) is 9.15. The number of rotatable bonds is 4. The number of pyridine rings is 1. The summed E-state index contributed by atoms with van der Waals surface area (Å²) in [5.41, 5.74) is -0.107. The van der Waals surface area contributed by atoms with Crippen LogP contribution in [0.4, 0.5) is 19.7 Å². The number of hydrogen-bond acceptors (Lipinski definition) is 6. The average Bonchev–Trinajstić information content (AvgIpc) is 2.68. The first-order valence-corrected chi connectivity index (χ1v) is 9.15. The minimum Gasteiger partial charge on any atom is -0.508 e. The van der Waals surface area contributed by atoms with E-state index in [1.54, 1.807) is 13.8 Å². The zero-order chi connectivity index (χ0) is 21.8. The Bertz CT molecular complexity index is 1190. The molecule has 3 rings (SSSR count). The number of nitrogens with one attached hydrogen (secondary N) is 1. The van der Waals surface area contributed by atoms with Gasteiger partial charge in [-0.2, -0.15) is 0 Å². The lowest BCUT2D eigenvalue weighted by atomic mass is 10.1. The number of nitrogens with zero attached hydrogens (tertiary/aromatic N) is 1. The number of carbonyl (C=O) groups excluding carboxylic acids is 2. The van der Waals surface area contributed by atoms with Gasteiger partial charge in [0.1, 0.15) is 11.6 Å². The van der Waals surface area contributed by atoms with Gasteiger partial charge in [-0.05, 0) is 44.2 Å². The van der Waals surface area contributed by atoms with E-state index in [0.717, 1.165) is 16.7 Å².